The van der Waals surface area contributed by atoms with Gasteiger partial charge in [-0.1, -0.05) is 19.1 Å². The van der Waals surface area contributed by atoms with Gasteiger partial charge in [0.05, 0.1) is 0 Å². The highest BCUT2D eigenvalue weighted by Gasteiger charge is 2.21. The first-order chi connectivity index (χ1) is 9.06. The van der Waals surface area contributed by atoms with Gasteiger partial charge in [0.1, 0.15) is 0 Å². The van der Waals surface area contributed by atoms with E-state index >= 15 is 0 Å². The lowest BCUT2D eigenvalue weighted by atomic mass is 10.1. The van der Waals surface area contributed by atoms with Crippen molar-refractivity contribution in [3.63, 3.8) is 0 Å². The molecule has 2 unspecified atom stereocenters. The fourth-order valence-corrected chi connectivity index (χ4v) is 3.09. The van der Waals surface area contributed by atoms with Crippen LogP contribution in [0.15, 0.2) is 24.3 Å². The minimum atomic E-state index is -0.0132. The van der Waals surface area contributed by atoms with E-state index < -0.39 is 0 Å². The molecule has 0 radical (unpaired) electrons. The number of nitrogens with two attached hydrogens (primary N) is 1. The van der Waals surface area contributed by atoms with E-state index in [9.17, 15) is 4.79 Å². The van der Waals surface area contributed by atoms with Gasteiger partial charge in [-0.25, -0.2) is 4.79 Å². The molecule has 1 aliphatic rings. The number of hydrogen-bond donors (Lipinski definition) is 2. The molecular weight excluding hydrogens is 258 g/mol. The largest absolute Gasteiger partial charge is 0.324 e. The van der Waals surface area contributed by atoms with Gasteiger partial charge in [0, 0.05) is 35.8 Å². The molecule has 1 aromatic carbocycles. The maximum atomic E-state index is 12.1. The Kier molecular flexibility index (Phi) is 4.71. The van der Waals surface area contributed by atoms with Crippen LogP contribution in [0, 0.1) is 0 Å². The summed E-state index contributed by atoms with van der Waals surface area (Å²) in [6.07, 6.45) is 0. The van der Waals surface area contributed by atoms with E-state index in [1.807, 2.05) is 47.9 Å². The zero-order valence-corrected chi connectivity index (χ0v) is 12.2. The third kappa shape index (κ3) is 3.88. The third-order valence-corrected chi connectivity index (χ3v) is 4.35. The Morgan fingerprint density at radius 3 is 2.74 bits per heavy atom. The number of amides is 2. The smallest absolute Gasteiger partial charge is 0.321 e. The van der Waals surface area contributed by atoms with Crippen LogP contribution in [0.3, 0.4) is 0 Å². The number of anilines is 1. The number of carbonyl (C=O) groups is 1. The van der Waals surface area contributed by atoms with Crippen molar-refractivity contribution in [2.75, 3.05) is 24.2 Å². The van der Waals surface area contributed by atoms with Crippen LogP contribution in [0.5, 0.6) is 0 Å². The van der Waals surface area contributed by atoms with Crippen LogP contribution in [0.4, 0.5) is 10.5 Å². The number of nitrogens with one attached hydrogen (secondary N) is 1. The molecule has 3 N–H and O–H groups in total. The van der Waals surface area contributed by atoms with Crippen molar-refractivity contribution in [3.8, 4) is 0 Å². The zero-order chi connectivity index (χ0) is 13.8. The average Bonchev–Trinajstić information content (AvgIpc) is 2.39. The highest BCUT2D eigenvalue weighted by atomic mass is 32.2. The normalized spacial score (nSPS) is 21.0. The van der Waals surface area contributed by atoms with Crippen molar-refractivity contribution < 1.29 is 4.79 Å². The van der Waals surface area contributed by atoms with Gasteiger partial charge < -0.3 is 16.0 Å². The van der Waals surface area contributed by atoms with E-state index in [0.29, 0.717) is 5.25 Å². The molecule has 0 aliphatic carbocycles. The zero-order valence-electron chi connectivity index (χ0n) is 11.4. The summed E-state index contributed by atoms with van der Waals surface area (Å²) in [5.74, 6) is 1.01. The summed E-state index contributed by atoms with van der Waals surface area (Å²) in [5.41, 5.74) is 7.69. The van der Waals surface area contributed by atoms with Crippen LogP contribution in [0.2, 0.25) is 0 Å². The Morgan fingerprint density at radius 2 is 2.16 bits per heavy atom. The maximum absolute atomic E-state index is 12.1. The van der Waals surface area contributed by atoms with Gasteiger partial charge in [-0.2, -0.15) is 11.8 Å². The van der Waals surface area contributed by atoms with Gasteiger partial charge in [-0.05, 0) is 24.6 Å². The molecule has 4 nitrogen and oxygen atoms in total. The van der Waals surface area contributed by atoms with E-state index in [1.165, 1.54) is 0 Å². The van der Waals surface area contributed by atoms with Crippen LogP contribution in [-0.2, 0) is 0 Å². The molecule has 0 bridgehead atoms. The van der Waals surface area contributed by atoms with Gasteiger partial charge >= 0.3 is 6.03 Å². The Labute approximate surface area is 118 Å². The number of benzene rings is 1. The van der Waals surface area contributed by atoms with E-state index in [-0.39, 0.29) is 12.1 Å². The van der Waals surface area contributed by atoms with Crippen LogP contribution in [-0.4, -0.2) is 35.0 Å². The molecule has 2 atom stereocenters. The molecule has 2 rings (SSSR count). The Hall–Kier alpha value is -1.20. The molecule has 104 valence electrons. The van der Waals surface area contributed by atoms with Crippen LogP contribution in [0.1, 0.15) is 25.5 Å². The summed E-state index contributed by atoms with van der Waals surface area (Å²) in [6.45, 7) is 5.73. The lowest BCUT2D eigenvalue weighted by Crippen LogP contribution is -2.43. The minimum absolute atomic E-state index is 0.0132. The van der Waals surface area contributed by atoms with Gasteiger partial charge in [-0.15, -0.1) is 0 Å². The van der Waals surface area contributed by atoms with Crippen molar-refractivity contribution in [3.05, 3.63) is 29.8 Å². The van der Waals surface area contributed by atoms with E-state index in [2.05, 4.69) is 12.2 Å². The fourth-order valence-electron chi connectivity index (χ4n) is 2.08. The minimum Gasteiger partial charge on any atom is -0.324 e. The lowest BCUT2D eigenvalue weighted by molar-refractivity contribution is 0.214. The molecule has 0 spiro atoms. The number of thioether (sulfide) groups is 1. The quantitative estimate of drug-likeness (QED) is 0.875. The van der Waals surface area contributed by atoms with Crippen LogP contribution >= 0.6 is 11.8 Å². The maximum Gasteiger partial charge on any atom is 0.321 e. The molecule has 0 aromatic heterocycles. The second-order valence-corrected chi connectivity index (χ2v) is 6.51. The van der Waals surface area contributed by atoms with Crippen LogP contribution < -0.4 is 11.1 Å². The number of carbonyl (C=O) groups excluding carboxylic acids is 1. The first-order valence-electron chi connectivity index (χ1n) is 6.59. The fraction of sp³-hybridized carbons (Fsp3) is 0.500. The van der Waals surface area contributed by atoms with Crippen molar-refractivity contribution in [1.82, 2.24) is 4.90 Å². The summed E-state index contributed by atoms with van der Waals surface area (Å²) in [7, 11) is 0. The molecule has 19 heavy (non-hydrogen) atoms. The first kappa shape index (κ1) is 14.2. The highest BCUT2D eigenvalue weighted by Crippen LogP contribution is 2.19. The topological polar surface area (TPSA) is 58.4 Å². The Balaban J connectivity index is 1.94. The van der Waals surface area contributed by atoms with E-state index in [1.54, 1.807) is 0 Å². The summed E-state index contributed by atoms with van der Waals surface area (Å²) < 4.78 is 0. The number of rotatable bonds is 2. The molecule has 1 aliphatic heterocycles. The Bertz CT molecular complexity index is 433. The number of urea groups is 1. The molecule has 1 fully saturated rings. The van der Waals surface area contributed by atoms with Crippen molar-refractivity contribution in [1.29, 1.82) is 0 Å². The molecule has 5 heteroatoms. The standard InChI is InChI=1S/C14H21N3OS/c1-10-9-17(7-8-19-10)14(18)16-13-5-3-12(4-6-13)11(2)15/h3-6,10-11H,7-9,15H2,1-2H3,(H,16,18). The number of hydrogen-bond acceptors (Lipinski definition) is 3. The third-order valence-electron chi connectivity index (χ3n) is 3.22. The molecular formula is C14H21N3OS. The summed E-state index contributed by atoms with van der Waals surface area (Å²) >= 11 is 1.92. The van der Waals surface area contributed by atoms with E-state index in [0.717, 1.165) is 30.1 Å². The predicted octanol–water partition coefficient (Wildman–Crippen LogP) is 2.68. The lowest BCUT2D eigenvalue weighted by Gasteiger charge is -2.30. The molecule has 2 amide bonds. The van der Waals surface area contributed by atoms with Crippen molar-refractivity contribution >= 4 is 23.5 Å². The monoisotopic (exact) mass is 279 g/mol. The molecule has 1 saturated heterocycles. The predicted molar refractivity (Wildman–Crippen MR) is 81.6 cm³/mol. The van der Waals surface area contributed by atoms with Gasteiger partial charge in [0.2, 0.25) is 0 Å². The second-order valence-electron chi connectivity index (χ2n) is 4.97. The van der Waals surface area contributed by atoms with Gasteiger partial charge in [-0.3, -0.25) is 0 Å². The Morgan fingerprint density at radius 1 is 1.47 bits per heavy atom. The van der Waals surface area contributed by atoms with Crippen LogP contribution in [0.25, 0.3) is 0 Å². The van der Waals surface area contributed by atoms with Gasteiger partial charge in [0.15, 0.2) is 0 Å². The van der Waals surface area contributed by atoms with Gasteiger partial charge in [0.25, 0.3) is 0 Å². The molecule has 1 heterocycles. The summed E-state index contributed by atoms with van der Waals surface area (Å²) in [6, 6.07) is 7.71. The first-order valence-corrected chi connectivity index (χ1v) is 7.64. The SMILES string of the molecule is CC1CN(C(=O)Nc2ccc(C(C)N)cc2)CCS1. The summed E-state index contributed by atoms with van der Waals surface area (Å²) in [5, 5.41) is 3.45. The van der Waals surface area contributed by atoms with E-state index in [4.69, 9.17) is 5.73 Å². The molecule has 0 saturated carbocycles. The summed E-state index contributed by atoms with van der Waals surface area (Å²) in [4.78, 5) is 14.0. The number of nitrogens with zero attached hydrogens (tertiary/aromatic N) is 1. The van der Waals surface area contributed by atoms with Crippen molar-refractivity contribution in [2.24, 2.45) is 5.73 Å². The molecule has 1 aromatic rings. The van der Waals surface area contributed by atoms with Crippen molar-refractivity contribution in [2.45, 2.75) is 25.1 Å². The highest BCUT2D eigenvalue weighted by molar-refractivity contribution is 7.99. The second kappa shape index (κ2) is 6.30. The average molecular weight is 279 g/mol.